The van der Waals surface area contributed by atoms with Gasteiger partial charge in [0.25, 0.3) is 0 Å². The third-order valence-electron chi connectivity index (χ3n) is 4.11. The highest BCUT2D eigenvalue weighted by Gasteiger charge is 2.25. The molecule has 0 bridgehead atoms. The van der Waals surface area contributed by atoms with E-state index in [9.17, 15) is 4.79 Å². The van der Waals surface area contributed by atoms with E-state index in [1.807, 2.05) is 15.5 Å². The number of nitrogen functional groups attached to an aromatic ring is 1. The lowest BCUT2D eigenvalue weighted by Crippen LogP contribution is -2.42. The van der Waals surface area contributed by atoms with Crippen LogP contribution in [-0.4, -0.2) is 52.1 Å². The van der Waals surface area contributed by atoms with Crippen LogP contribution in [0.15, 0.2) is 18.5 Å². The summed E-state index contributed by atoms with van der Waals surface area (Å²) in [7, 11) is 1.79. The summed E-state index contributed by atoms with van der Waals surface area (Å²) in [6.07, 6.45) is 3.38. The summed E-state index contributed by atoms with van der Waals surface area (Å²) in [5.41, 5.74) is 7.86. The first-order valence-electron chi connectivity index (χ1n) is 7.21. The Morgan fingerprint density at radius 2 is 2.19 bits per heavy atom. The molecule has 0 aromatic carbocycles. The molecule has 3 heterocycles. The molecular weight excluding hydrogens is 268 g/mol. The first-order chi connectivity index (χ1) is 10.2. The smallest absolute Gasteiger partial charge is 0.236 e. The lowest BCUT2D eigenvalue weighted by atomic mass is 9.93. The second-order valence-corrected chi connectivity index (χ2v) is 5.39. The van der Waals surface area contributed by atoms with E-state index in [4.69, 9.17) is 5.73 Å². The molecule has 1 saturated heterocycles. The lowest BCUT2D eigenvalue weighted by Gasteiger charge is -2.31. The molecule has 2 aromatic rings. The topological polar surface area (TPSA) is 88.5 Å². The molecule has 2 aromatic heterocycles. The van der Waals surface area contributed by atoms with Crippen LogP contribution in [0.4, 0.5) is 5.82 Å². The number of hydrogen-bond donors (Lipinski definition) is 2. The van der Waals surface area contributed by atoms with E-state index in [1.165, 1.54) is 6.33 Å². The van der Waals surface area contributed by atoms with Crippen LogP contribution < -0.4 is 11.1 Å². The minimum Gasteiger partial charge on any atom is -0.382 e. The molecule has 7 heteroatoms. The van der Waals surface area contributed by atoms with Crippen molar-refractivity contribution < 1.29 is 4.79 Å². The van der Waals surface area contributed by atoms with Crippen LogP contribution in [0.25, 0.3) is 5.52 Å². The van der Waals surface area contributed by atoms with Crippen LogP contribution in [0, 0.1) is 0 Å². The first-order valence-corrected chi connectivity index (χ1v) is 7.21. The van der Waals surface area contributed by atoms with Gasteiger partial charge in [-0.3, -0.25) is 4.79 Å². The summed E-state index contributed by atoms with van der Waals surface area (Å²) in [6, 6.07) is 4.03. The van der Waals surface area contributed by atoms with Crippen molar-refractivity contribution in [2.75, 3.05) is 32.4 Å². The van der Waals surface area contributed by atoms with E-state index in [2.05, 4.69) is 21.5 Å². The van der Waals surface area contributed by atoms with E-state index >= 15 is 0 Å². The average Bonchev–Trinajstić information content (AvgIpc) is 2.93. The lowest BCUT2D eigenvalue weighted by molar-refractivity contribution is -0.131. The number of likely N-dealkylation sites (tertiary alicyclic amines) is 1. The number of carbonyl (C=O) groups is 1. The summed E-state index contributed by atoms with van der Waals surface area (Å²) >= 11 is 0. The van der Waals surface area contributed by atoms with Gasteiger partial charge in [0.1, 0.15) is 11.8 Å². The molecule has 3 N–H and O–H groups in total. The van der Waals surface area contributed by atoms with Crippen molar-refractivity contribution >= 4 is 17.2 Å². The monoisotopic (exact) mass is 288 g/mol. The molecule has 21 heavy (non-hydrogen) atoms. The fraction of sp³-hybridized carbons (Fsp3) is 0.500. The maximum absolute atomic E-state index is 11.9. The van der Waals surface area contributed by atoms with Gasteiger partial charge in [-0.25, -0.2) is 9.50 Å². The van der Waals surface area contributed by atoms with Crippen molar-refractivity contribution in [3.8, 4) is 0 Å². The summed E-state index contributed by atoms with van der Waals surface area (Å²) in [5.74, 6) is 1.07. The maximum Gasteiger partial charge on any atom is 0.236 e. The molecular formula is C14H20N6O. The summed E-state index contributed by atoms with van der Waals surface area (Å²) in [4.78, 5) is 17.8. The molecule has 7 nitrogen and oxygen atoms in total. The number of nitrogens with zero attached hydrogens (tertiary/aromatic N) is 4. The Kier molecular flexibility index (Phi) is 3.74. The SMILES string of the molecule is CNCC(=O)N1CCC(c2ccc3c(N)ncnn23)CC1. The van der Waals surface area contributed by atoms with E-state index < -0.39 is 0 Å². The predicted octanol–water partition coefficient (Wildman–Crippen LogP) is 0.237. The molecule has 112 valence electrons. The molecule has 1 aliphatic heterocycles. The minimum absolute atomic E-state index is 0.169. The highest BCUT2D eigenvalue weighted by molar-refractivity contribution is 5.78. The number of piperidine rings is 1. The van der Waals surface area contributed by atoms with Crippen molar-refractivity contribution in [1.82, 2.24) is 24.8 Å². The highest BCUT2D eigenvalue weighted by Crippen LogP contribution is 2.29. The van der Waals surface area contributed by atoms with E-state index in [0.29, 0.717) is 18.3 Å². The number of carbonyl (C=O) groups excluding carboxylic acids is 1. The standard InChI is InChI=1S/C14H20N6O/c1-16-8-13(21)19-6-4-10(5-7-19)11-2-3-12-14(15)17-9-18-20(11)12/h2-3,9-10,16H,4-8H2,1H3,(H2,15,17,18). The van der Waals surface area contributed by atoms with Crippen molar-refractivity contribution in [3.05, 3.63) is 24.2 Å². The van der Waals surface area contributed by atoms with Crippen molar-refractivity contribution in [2.45, 2.75) is 18.8 Å². The van der Waals surface area contributed by atoms with Crippen LogP contribution in [-0.2, 0) is 4.79 Å². The molecule has 0 aliphatic carbocycles. The van der Waals surface area contributed by atoms with Gasteiger partial charge in [-0.15, -0.1) is 0 Å². The Hall–Kier alpha value is -2.15. The number of nitrogens with one attached hydrogen (secondary N) is 1. The number of aromatic nitrogens is 3. The fourth-order valence-electron chi connectivity index (χ4n) is 2.97. The minimum atomic E-state index is 0.169. The Balaban J connectivity index is 1.74. The van der Waals surface area contributed by atoms with Crippen LogP contribution in [0.2, 0.25) is 0 Å². The number of rotatable bonds is 3. The zero-order valence-corrected chi connectivity index (χ0v) is 12.1. The second-order valence-electron chi connectivity index (χ2n) is 5.39. The first kappa shape index (κ1) is 13.8. The Labute approximate surface area is 123 Å². The van der Waals surface area contributed by atoms with E-state index in [0.717, 1.165) is 37.1 Å². The molecule has 0 unspecified atom stereocenters. The van der Waals surface area contributed by atoms with Crippen LogP contribution in [0.5, 0.6) is 0 Å². The van der Waals surface area contributed by atoms with Crippen molar-refractivity contribution in [1.29, 1.82) is 0 Å². The van der Waals surface area contributed by atoms with Gasteiger partial charge in [-0.1, -0.05) is 0 Å². The average molecular weight is 288 g/mol. The van der Waals surface area contributed by atoms with Gasteiger partial charge < -0.3 is 16.0 Å². The fourth-order valence-corrected chi connectivity index (χ4v) is 2.97. The second kappa shape index (κ2) is 5.69. The number of likely N-dealkylation sites (N-methyl/N-ethyl adjacent to an activating group) is 1. The largest absolute Gasteiger partial charge is 0.382 e. The van der Waals surface area contributed by atoms with Crippen LogP contribution >= 0.6 is 0 Å². The maximum atomic E-state index is 11.9. The third-order valence-corrected chi connectivity index (χ3v) is 4.11. The molecule has 1 amide bonds. The number of hydrogen-bond acceptors (Lipinski definition) is 5. The quantitative estimate of drug-likeness (QED) is 0.844. The molecule has 1 aliphatic rings. The zero-order valence-electron chi connectivity index (χ0n) is 12.1. The number of fused-ring (bicyclic) bond motifs is 1. The number of amides is 1. The van der Waals surface area contributed by atoms with Gasteiger partial charge in [0.2, 0.25) is 5.91 Å². The Bertz CT molecular complexity index is 644. The zero-order chi connectivity index (χ0) is 14.8. The van der Waals surface area contributed by atoms with E-state index in [-0.39, 0.29) is 5.91 Å². The third kappa shape index (κ3) is 2.56. The summed E-state index contributed by atoms with van der Waals surface area (Å²) in [5, 5.41) is 7.20. The van der Waals surface area contributed by atoms with E-state index in [1.54, 1.807) is 7.05 Å². The number of nitrogens with two attached hydrogens (primary N) is 1. The predicted molar refractivity (Wildman–Crippen MR) is 79.9 cm³/mol. The molecule has 0 atom stereocenters. The summed E-state index contributed by atoms with van der Waals surface area (Å²) in [6.45, 7) is 1.99. The molecule has 3 rings (SSSR count). The van der Waals surface area contributed by atoms with Gasteiger partial charge >= 0.3 is 0 Å². The van der Waals surface area contributed by atoms with Gasteiger partial charge in [0, 0.05) is 24.7 Å². The van der Waals surface area contributed by atoms with Crippen molar-refractivity contribution in [3.63, 3.8) is 0 Å². The van der Waals surface area contributed by atoms with Gasteiger partial charge in [-0.2, -0.15) is 5.10 Å². The normalized spacial score (nSPS) is 16.5. The van der Waals surface area contributed by atoms with Crippen molar-refractivity contribution in [2.24, 2.45) is 0 Å². The Morgan fingerprint density at radius 1 is 1.43 bits per heavy atom. The van der Waals surface area contributed by atoms with Crippen LogP contribution in [0.1, 0.15) is 24.5 Å². The molecule has 0 radical (unpaired) electrons. The van der Waals surface area contributed by atoms with Gasteiger partial charge in [0.05, 0.1) is 6.54 Å². The number of anilines is 1. The van der Waals surface area contributed by atoms with Crippen LogP contribution in [0.3, 0.4) is 0 Å². The molecule has 1 fully saturated rings. The molecule has 0 saturated carbocycles. The Morgan fingerprint density at radius 3 is 2.90 bits per heavy atom. The van der Waals surface area contributed by atoms with Gasteiger partial charge in [0.15, 0.2) is 5.82 Å². The van der Waals surface area contributed by atoms with Gasteiger partial charge in [-0.05, 0) is 32.0 Å². The molecule has 0 spiro atoms. The highest BCUT2D eigenvalue weighted by atomic mass is 16.2. The summed E-state index contributed by atoms with van der Waals surface area (Å²) < 4.78 is 1.87.